The van der Waals surface area contributed by atoms with E-state index in [4.69, 9.17) is 19.3 Å². The first kappa shape index (κ1) is 21.8. The maximum Gasteiger partial charge on any atom is 0.283 e. The Hall–Kier alpha value is -4.05. The van der Waals surface area contributed by atoms with Gasteiger partial charge in [-0.1, -0.05) is 0 Å². The summed E-state index contributed by atoms with van der Waals surface area (Å²) in [7, 11) is 3.23. The summed E-state index contributed by atoms with van der Waals surface area (Å²) in [6.07, 6.45) is 3.23. The molecule has 0 saturated heterocycles. The topological polar surface area (TPSA) is 105 Å². The standard InChI is InChI=1S/C24H21N5O4S/c1-13-10-15(14(2)28(13)18-12-16(31-3)7-8-19(18)32-4)11-17-21(25)29-24(26-22(17)30)34-23(27-29)20-6-5-9-33-20/h5-12,25H,1-4H3/b17-11+,25-21?. The van der Waals surface area contributed by atoms with Crippen LogP contribution in [0.4, 0.5) is 0 Å². The number of hydrazone groups is 1. The van der Waals surface area contributed by atoms with Crippen LogP contribution in [0.3, 0.4) is 0 Å². The molecule has 0 radical (unpaired) electrons. The zero-order valence-electron chi connectivity index (χ0n) is 18.9. The number of aliphatic imine (C=N–C) groups is 1. The Bertz CT molecular complexity index is 1420. The number of benzene rings is 1. The first-order chi connectivity index (χ1) is 16.4. The van der Waals surface area contributed by atoms with Gasteiger partial charge >= 0.3 is 0 Å². The lowest BCUT2D eigenvalue weighted by atomic mass is 10.1. The summed E-state index contributed by atoms with van der Waals surface area (Å²) >= 11 is 1.20. The lowest BCUT2D eigenvalue weighted by Gasteiger charge is -2.20. The van der Waals surface area contributed by atoms with Crippen molar-refractivity contribution in [1.29, 1.82) is 5.41 Å². The highest BCUT2D eigenvalue weighted by Crippen LogP contribution is 2.34. The fourth-order valence-corrected chi connectivity index (χ4v) is 4.78. The highest BCUT2D eigenvalue weighted by atomic mass is 32.2. The summed E-state index contributed by atoms with van der Waals surface area (Å²) in [4.78, 5) is 17.0. The average molecular weight is 476 g/mol. The predicted molar refractivity (Wildman–Crippen MR) is 131 cm³/mol. The molecule has 1 amide bonds. The van der Waals surface area contributed by atoms with Gasteiger partial charge in [-0.25, -0.2) is 0 Å². The van der Waals surface area contributed by atoms with Gasteiger partial charge in [0.05, 0.1) is 31.7 Å². The summed E-state index contributed by atoms with van der Waals surface area (Å²) in [6, 6.07) is 11.1. The van der Waals surface area contributed by atoms with Gasteiger partial charge in [0.2, 0.25) is 5.17 Å². The molecule has 34 heavy (non-hydrogen) atoms. The largest absolute Gasteiger partial charge is 0.497 e. The van der Waals surface area contributed by atoms with Crippen molar-refractivity contribution in [2.75, 3.05) is 14.2 Å². The average Bonchev–Trinajstić information content (AvgIpc) is 3.56. The highest BCUT2D eigenvalue weighted by Gasteiger charge is 2.37. The number of methoxy groups -OCH3 is 2. The molecular formula is C24H21N5O4S. The quantitative estimate of drug-likeness (QED) is 0.550. The van der Waals surface area contributed by atoms with Gasteiger partial charge in [-0.3, -0.25) is 10.2 Å². The third-order valence-electron chi connectivity index (χ3n) is 5.58. The van der Waals surface area contributed by atoms with E-state index >= 15 is 0 Å². The van der Waals surface area contributed by atoms with Crippen LogP contribution in [-0.2, 0) is 4.79 Å². The minimum Gasteiger partial charge on any atom is -0.497 e. The van der Waals surface area contributed by atoms with E-state index in [0.717, 1.165) is 22.6 Å². The molecule has 2 aliphatic heterocycles. The number of carbonyl (C=O) groups excluding carboxylic acids is 1. The Labute approximate surface area is 199 Å². The Morgan fingerprint density at radius 1 is 1.15 bits per heavy atom. The molecule has 4 heterocycles. The third-order valence-corrected chi connectivity index (χ3v) is 6.51. The van der Waals surface area contributed by atoms with E-state index in [9.17, 15) is 4.79 Å². The highest BCUT2D eigenvalue weighted by molar-refractivity contribution is 8.27. The Kier molecular flexibility index (Phi) is 5.37. The molecule has 0 atom stereocenters. The molecule has 1 N–H and O–H groups in total. The predicted octanol–water partition coefficient (Wildman–Crippen LogP) is 4.37. The van der Waals surface area contributed by atoms with Crippen molar-refractivity contribution in [2.45, 2.75) is 13.8 Å². The van der Waals surface area contributed by atoms with E-state index < -0.39 is 5.91 Å². The molecule has 0 spiro atoms. The number of thioether (sulfide) groups is 1. The van der Waals surface area contributed by atoms with Crippen molar-refractivity contribution in [3.8, 4) is 17.2 Å². The van der Waals surface area contributed by atoms with Crippen LogP contribution in [0.15, 0.2) is 62.7 Å². The van der Waals surface area contributed by atoms with Crippen LogP contribution in [0.5, 0.6) is 11.5 Å². The molecule has 2 aliphatic rings. The van der Waals surface area contributed by atoms with Crippen molar-refractivity contribution in [2.24, 2.45) is 10.1 Å². The zero-order valence-corrected chi connectivity index (χ0v) is 19.8. The van der Waals surface area contributed by atoms with Crippen LogP contribution in [-0.4, -0.2) is 45.7 Å². The monoisotopic (exact) mass is 475 g/mol. The second kappa shape index (κ2) is 8.38. The molecule has 9 nitrogen and oxygen atoms in total. The van der Waals surface area contributed by atoms with Crippen molar-refractivity contribution in [3.63, 3.8) is 0 Å². The molecule has 0 saturated carbocycles. The molecule has 3 aromatic rings. The Balaban J connectivity index is 1.55. The number of furan rings is 1. The second-order valence-electron chi connectivity index (χ2n) is 7.60. The van der Waals surface area contributed by atoms with Gasteiger partial charge in [0.25, 0.3) is 5.91 Å². The van der Waals surface area contributed by atoms with E-state index in [1.54, 1.807) is 38.7 Å². The molecule has 10 heteroatoms. The van der Waals surface area contributed by atoms with E-state index in [-0.39, 0.29) is 11.4 Å². The maximum atomic E-state index is 12.8. The van der Waals surface area contributed by atoms with Gasteiger partial charge in [-0.2, -0.15) is 15.1 Å². The van der Waals surface area contributed by atoms with Crippen molar-refractivity contribution < 1.29 is 18.7 Å². The number of fused-ring (bicyclic) bond motifs is 1. The van der Waals surface area contributed by atoms with Crippen LogP contribution < -0.4 is 9.47 Å². The molecular weight excluding hydrogens is 454 g/mol. The summed E-state index contributed by atoms with van der Waals surface area (Å²) in [5.41, 5.74) is 3.57. The van der Waals surface area contributed by atoms with Gasteiger partial charge in [0.1, 0.15) is 11.5 Å². The number of rotatable bonds is 5. The van der Waals surface area contributed by atoms with Crippen LogP contribution in [0.25, 0.3) is 11.8 Å². The van der Waals surface area contributed by atoms with Gasteiger partial charge in [0, 0.05) is 17.5 Å². The molecule has 1 aromatic carbocycles. The second-order valence-corrected chi connectivity index (χ2v) is 8.56. The summed E-state index contributed by atoms with van der Waals surface area (Å²) in [5, 5.41) is 15.3. The summed E-state index contributed by atoms with van der Waals surface area (Å²) < 4.78 is 18.4. The Morgan fingerprint density at radius 3 is 2.68 bits per heavy atom. The van der Waals surface area contributed by atoms with Gasteiger partial charge in [0.15, 0.2) is 16.6 Å². The van der Waals surface area contributed by atoms with Crippen molar-refractivity contribution >= 4 is 39.8 Å². The number of aromatic nitrogens is 1. The van der Waals surface area contributed by atoms with Crippen LogP contribution >= 0.6 is 11.8 Å². The van der Waals surface area contributed by atoms with Crippen LogP contribution in [0.1, 0.15) is 22.7 Å². The number of amidine groups is 2. The van der Waals surface area contributed by atoms with Crippen molar-refractivity contribution in [3.05, 3.63) is 70.9 Å². The number of ether oxygens (including phenoxy) is 2. The van der Waals surface area contributed by atoms with E-state index in [2.05, 4.69) is 10.1 Å². The number of hydrogen-bond donors (Lipinski definition) is 1. The van der Waals surface area contributed by atoms with E-state index in [0.29, 0.717) is 27.5 Å². The number of nitrogens with zero attached hydrogens (tertiary/aromatic N) is 4. The minimum atomic E-state index is -0.483. The zero-order chi connectivity index (χ0) is 24.0. The SMILES string of the molecule is COc1ccc(OC)c(-n2c(C)cc(/C=C3\C(=N)N4N=C(c5ccco5)SC4=NC3=O)c2C)c1. The summed E-state index contributed by atoms with van der Waals surface area (Å²) in [6.45, 7) is 3.91. The molecule has 0 fully saturated rings. The maximum absolute atomic E-state index is 12.8. The minimum absolute atomic E-state index is 0.0344. The first-order valence-corrected chi connectivity index (χ1v) is 11.2. The van der Waals surface area contributed by atoms with Crippen molar-refractivity contribution in [1.82, 2.24) is 9.58 Å². The van der Waals surface area contributed by atoms with Gasteiger partial charge in [-0.05, 0) is 67.6 Å². The number of aryl methyl sites for hydroxylation is 1. The van der Waals surface area contributed by atoms with E-state index in [1.807, 2.05) is 42.7 Å². The fraction of sp³-hybridized carbons (Fsp3) is 0.167. The number of amides is 1. The normalized spacial score (nSPS) is 16.6. The fourth-order valence-electron chi connectivity index (χ4n) is 3.92. The Morgan fingerprint density at radius 2 is 1.97 bits per heavy atom. The molecule has 2 aromatic heterocycles. The molecule has 0 unspecified atom stereocenters. The lowest BCUT2D eigenvalue weighted by Crippen LogP contribution is -2.35. The number of hydrogen-bond acceptors (Lipinski definition) is 7. The van der Waals surface area contributed by atoms with Crippen LogP contribution in [0.2, 0.25) is 0 Å². The molecule has 0 aliphatic carbocycles. The summed E-state index contributed by atoms with van der Waals surface area (Å²) in [5.74, 6) is 1.43. The first-order valence-electron chi connectivity index (χ1n) is 10.4. The van der Waals surface area contributed by atoms with Gasteiger partial charge in [-0.15, -0.1) is 0 Å². The number of nitrogens with one attached hydrogen (secondary N) is 1. The third kappa shape index (κ3) is 3.52. The molecule has 0 bridgehead atoms. The molecule has 172 valence electrons. The molecule has 5 rings (SSSR count). The smallest absolute Gasteiger partial charge is 0.283 e. The van der Waals surface area contributed by atoms with E-state index in [1.165, 1.54) is 16.8 Å². The lowest BCUT2D eigenvalue weighted by molar-refractivity contribution is -0.114. The van der Waals surface area contributed by atoms with Gasteiger partial charge < -0.3 is 18.5 Å². The van der Waals surface area contributed by atoms with Crippen LogP contribution in [0, 0.1) is 19.3 Å². The number of carbonyl (C=O) groups is 1.